The molecule has 0 bridgehead atoms. The largest absolute Gasteiger partial charge is 0.343 e. The predicted octanol–water partition coefficient (Wildman–Crippen LogP) is 4.21. The number of aromatic nitrogens is 2. The van der Waals surface area contributed by atoms with Crippen LogP contribution in [0.5, 0.6) is 0 Å². The van der Waals surface area contributed by atoms with Crippen molar-refractivity contribution in [3.05, 3.63) is 103 Å². The Hall–Kier alpha value is -3.40. The zero-order chi connectivity index (χ0) is 17.8. The molecule has 1 atom stereocenters. The summed E-state index contributed by atoms with van der Waals surface area (Å²) in [5, 5.41) is 5.21. The lowest BCUT2D eigenvalue weighted by atomic mass is 10.0. The molecule has 0 spiro atoms. The van der Waals surface area contributed by atoms with Crippen molar-refractivity contribution in [3.63, 3.8) is 0 Å². The van der Waals surface area contributed by atoms with Gasteiger partial charge in [-0.3, -0.25) is 4.79 Å². The molecule has 1 heterocycles. The quantitative estimate of drug-likeness (QED) is 0.591. The van der Waals surface area contributed by atoms with Gasteiger partial charge in [0.15, 0.2) is 0 Å². The van der Waals surface area contributed by atoms with Crippen molar-refractivity contribution in [2.75, 3.05) is 0 Å². The molecule has 0 aliphatic heterocycles. The molecule has 1 unspecified atom stereocenters. The van der Waals surface area contributed by atoms with E-state index in [1.54, 1.807) is 12.5 Å². The van der Waals surface area contributed by atoms with Crippen molar-refractivity contribution in [1.29, 1.82) is 0 Å². The normalized spacial score (nSPS) is 12.0. The summed E-state index contributed by atoms with van der Waals surface area (Å²) in [5.41, 5.74) is 1.75. The first-order valence-corrected chi connectivity index (χ1v) is 8.60. The molecule has 4 aromatic rings. The molecule has 1 N–H and O–H groups in total. The second kappa shape index (κ2) is 7.23. The number of carbonyl (C=O) groups is 1. The highest BCUT2D eigenvalue weighted by Crippen LogP contribution is 2.21. The molecular formula is C22H19N3O. The molecule has 26 heavy (non-hydrogen) atoms. The molecule has 0 aliphatic carbocycles. The fraction of sp³-hybridized carbons (Fsp3) is 0.0909. The monoisotopic (exact) mass is 341 g/mol. The third-order valence-electron chi connectivity index (χ3n) is 4.49. The molecule has 128 valence electrons. The maximum atomic E-state index is 13.0. The lowest BCUT2D eigenvalue weighted by Gasteiger charge is -2.20. The van der Waals surface area contributed by atoms with Crippen molar-refractivity contribution in [2.45, 2.75) is 12.6 Å². The van der Waals surface area contributed by atoms with E-state index in [0.717, 1.165) is 16.3 Å². The number of nitrogens with zero attached hydrogens (tertiary/aromatic N) is 2. The molecule has 4 rings (SSSR count). The van der Waals surface area contributed by atoms with Crippen LogP contribution in [0.25, 0.3) is 10.8 Å². The fourth-order valence-corrected chi connectivity index (χ4v) is 3.18. The van der Waals surface area contributed by atoms with Crippen LogP contribution in [-0.4, -0.2) is 15.5 Å². The molecule has 0 fully saturated rings. The smallest absolute Gasteiger partial charge is 0.252 e. The van der Waals surface area contributed by atoms with E-state index in [1.807, 2.05) is 83.6 Å². The average molecular weight is 341 g/mol. The number of rotatable bonds is 5. The van der Waals surface area contributed by atoms with E-state index in [2.05, 4.69) is 10.3 Å². The van der Waals surface area contributed by atoms with E-state index in [1.165, 1.54) is 0 Å². The number of amides is 1. The summed E-state index contributed by atoms with van der Waals surface area (Å²) >= 11 is 0. The molecule has 1 aromatic heterocycles. The van der Waals surface area contributed by atoms with Crippen LogP contribution in [0.4, 0.5) is 0 Å². The van der Waals surface area contributed by atoms with E-state index >= 15 is 0 Å². The van der Waals surface area contributed by atoms with Gasteiger partial charge in [-0.15, -0.1) is 0 Å². The summed E-state index contributed by atoms with van der Waals surface area (Å²) in [6.45, 7) is 0.626. The topological polar surface area (TPSA) is 46.9 Å². The van der Waals surface area contributed by atoms with Gasteiger partial charge in [-0.05, 0) is 22.4 Å². The number of hydrogen-bond acceptors (Lipinski definition) is 2. The van der Waals surface area contributed by atoms with E-state index in [0.29, 0.717) is 12.1 Å². The third-order valence-corrected chi connectivity index (χ3v) is 4.49. The first-order chi connectivity index (χ1) is 12.8. The Labute approximate surface area is 152 Å². The SMILES string of the molecule is O=C(NC(Cn1ccnc1)c1ccccc1)c1cccc2ccccc12. The molecule has 0 saturated heterocycles. The Morgan fingerprint density at radius 3 is 2.54 bits per heavy atom. The molecular weight excluding hydrogens is 322 g/mol. The maximum Gasteiger partial charge on any atom is 0.252 e. The number of imidazole rings is 1. The van der Waals surface area contributed by atoms with Gasteiger partial charge in [0.1, 0.15) is 0 Å². The van der Waals surface area contributed by atoms with Gasteiger partial charge in [-0.1, -0.05) is 66.7 Å². The summed E-state index contributed by atoms with van der Waals surface area (Å²) in [5.74, 6) is -0.0734. The summed E-state index contributed by atoms with van der Waals surface area (Å²) in [6.07, 6.45) is 5.41. The molecule has 3 aromatic carbocycles. The molecule has 4 nitrogen and oxygen atoms in total. The first-order valence-electron chi connectivity index (χ1n) is 8.60. The minimum absolute atomic E-state index is 0.0734. The van der Waals surface area contributed by atoms with Crippen LogP contribution in [0.1, 0.15) is 22.0 Å². The highest BCUT2D eigenvalue weighted by atomic mass is 16.1. The van der Waals surface area contributed by atoms with Gasteiger partial charge in [0.2, 0.25) is 0 Å². The second-order valence-electron chi connectivity index (χ2n) is 6.22. The number of hydrogen-bond donors (Lipinski definition) is 1. The summed E-state index contributed by atoms with van der Waals surface area (Å²) in [4.78, 5) is 17.1. The van der Waals surface area contributed by atoms with Crippen molar-refractivity contribution in [3.8, 4) is 0 Å². The minimum atomic E-state index is -0.142. The second-order valence-corrected chi connectivity index (χ2v) is 6.22. The highest BCUT2D eigenvalue weighted by Gasteiger charge is 2.17. The van der Waals surface area contributed by atoms with E-state index in [4.69, 9.17) is 0 Å². The Morgan fingerprint density at radius 2 is 1.73 bits per heavy atom. The van der Waals surface area contributed by atoms with Crippen LogP contribution in [-0.2, 0) is 6.54 Å². The van der Waals surface area contributed by atoms with Gasteiger partial charge in [-0.2, -0.15) is 0 Å². The van der Waals surface area contributed by atoms with Crippen LogP contribution in [0.15, 0.2) is 91.5 Å². The Bertz CT molecular complexity index is 1000. The van der Waals surface area contributed by atoms with Crippen LogP contribution < -0.4 is 5.32 Å². The number of nitrogens with one attached hydrogen (secondary N) is 1. The van der Waals surface area contributed by atoms with Gasteiger partial charge in [0, 0.05) is 24.5 Å². The summed E-state index contributed by atoms with van der Waals surface area (Å²) in [6, 6.07) is 23.6. The standard InChI is InChI=1S/C22H19N3O/c26-22(20-12-6-10-17-7-4-5-11-19(17)20)24-21(15-25-14-13-23-16-25)18-8-2-1-3-9-18/h1-14,16,21H,15H2,(H,24,26). The zero-order valence-electron chi connectivity index (χ0n) is 14.2. The van der Waals surface area contributed by atoms with Crippen LogP contribution in [0.3, 0.4) is 0 Å². The Kier molecular flexibility index (Phi) is 4.48. The predicted molar refractivity (Wildman–Crippen MR) is 103 cm³/mol. The molecule has 1 amide bonds. The van der Waals surface area contributed by atoms with E-state index < -0.39 is 0 Å². The summed E-state index contributed by atoms with van der Waals surface area (Å²) in [7, 11) is 0. The number of fused-ring (bicyclic) bond motifs is 1. The van der Waals surface area contributed by atoms with E-state index in [-0.39, 0.29) is 11.9 Å². The maximum absolute atomic E-state index is 13.0. The third kappa shape index (κ3) is 3.35. The fourth-order valence-electron chi connectivity index (χ4n) is 3.18. The lowest BCUT2D eigenvalue weighted by molar-refractivity contribution is 0.0934. The first kappa shape index (κ1) is 16.1. The van der Waals surface area contributed by atoms with Crippen LogP contribution in [0, 0.1) is 0 Å². The zero-order valence-corrected chi connectivity index (χ0v) is 14.2. The Balaban J connectivity index is 1.65. The van der Waals surface area contributed by atoms with Crippen molar-refractivity contribution < 1.29 is 4.79 Å². The van der Waals surface area contributed by atoms with Crippen molar-refractivity contribution in [1.82, 2.24) is 14.9 Å². The van der Waals surface area contributed by atoms with Gasteiger partial charge < -0.3 is 9.88 Å². The number of carbonyl (C=O) groups excluding carboxylic acids is 1. The molecule has 0 saturated carbocycles. The molecule has 4 heteroatoms. The van der Waals surface area contributed by atoms with Gasteiger partial charge >= 0.3 is 0 Å². The number of benzene rings is 3. The van der Waals surface area contributed by atoms with Crippen LogP contribution >= 0.6 is 0 Å². The molecule has 0 radical (unpaired) electrons. The van der Waals surface area contributed by atoms with Gasteiger partial charge in [-0.25, -0.2) is 4.98 Å². The van der Waals surface area contributed by atoms with Crippen molar-refractivity contribution in [2.24, 2.45) is 0 Å². The van der Waals surface area contributed by atoms with Crippen LogP contribution in [0.2, 0.25) is 0 Å². The van der Waals surface area contributed by atoms with Gasteiger partial charge in [0.25, 0.3) is 5.91 Å². The Morgan fingerprint density at radius 1 is 0.962 bits per heavy atom. The molecule has 0 aliphatic rings. The van der Waals surface area contributed by atoms with Crippen molar-refractivity contribution >= 4 is 16.7 Å². The van der Waals surface area contributed by atoms with Gasteiger partial charge in [0.05, 0.1) is 12.4 Å². The summed E-state index contributed by atoms with van der Waals surface area (Å²) < 4.78 is 1.97. The average Bonchev–Trinajstić information content (AvgIpc) is 3.21. The van der Waals surface area contributed by atoms with E-state index in [9.17, 15) is 4.79 Å². The minimum Gasteiger partial charge on any atom is -0.343 e. The lowest BCUT2D eigenvalue weighted by Crippen LogP contribution is -2.31. The highest BCUT2D eigenvalue weighted by molar-refractivity contribution is 6.07.